The van der Waals surface area contributed by atoms with E-state index in [1.54, 1.807) is 19.0 Å². The number of nitrogens with zero attached hydrogens (tertiary/aromatic N) is 1. The minimum atomic E-state index is -0.835. The van der Waals surface area contributed by atoms with Crippen molar-refractivity contribution < 1.29 is 19.8 Å². The molecule has 0 atom stereocenters. The Labute approximate surface area is 158 Å². The fourth-order valence-corrected chi connectivity index (χ4v) is 3.81. The number of amides is 1. The van der Waals surface area contributed by atoms with Gasteiger partial charge in [-0.2, -0.15) is 0 Å². The first kappa shape index (κ1) is 21.7. The molecule has 1 amide bonds. The zero-order chi connectivity index (χ0) is 19.2. The second-order valence-corrected chi connectivity index (χ2v) is 9.04. The topological polar surface area (TPSA) is 77.8 Å². The first-order valence-electron chi connectivity index (χ1n) is 7.95. The Morgan fingerprint density at radius 3 is 2.20 bits per heavy atom. The molecule has 0 radical (unpaired) electrons. The molecule has 0 heterocycles. The number of hydrogen-bond acceptors (Lipinski definition) is 5. The lowest BCUT2D eigenvalue weighted by molar-refractivity contribution is -0.134. The molecule has 0 spiro atoms. The van der Waals surface area contributed by atoms with E-state index < -0.39 is 5.97 Å². The van der Waals surface area contributed by atoms with Crippen molar-refractivity contribution in [3.8, 4) is 5.75 Å². The maximum absolute atomic E-state index is 11.7. The highest BCUT2D eigenvalue weighted by atomic mass is 32.2. The zero-order valence-corrected chi connectivity index (χ0v) is 17.1. The largest absolute Gasteiger partial charge is 0.507 e. The van der Waals surface area contributed by atoms with E-state index in [1.807, 2.05) is 32.9 Å². The fraction of sp³-hybridized carbons (Fsp3) is 0.556. The number of rotatable bonds is 8. The van der Waals surface area contributed by atoms with E-state index in [1.165, 1.54) is 23.5 Å². The summed E-state index contributed by atoms with van der Waals surface area (Å²) in [6.45, 7) is 6.09. The summed E-state index contributed by atoms with van der Waals surface area (Å²) in [5.74, 6) is 0.981. The summed E-state index contributed by atoms with van der Waals surface area (Å²) in [6.07, 6.45) is 0. The molecule has 0 fully saturated rings. The first-order valence-corrected chi connectivity index (χ1v) is 10.3. The molecule has 0 saturated carbocycles. The summed E-state index contributed by atoms with van der Waals surface area (Å²) in [7, 11) is 3.44. The summed E-state index contributed by atoms with van der Waals surface area (Å²) >= 11 is 2.79. The third-order valence-electron chi connectivity index (χ3n) is 3.53. The van der Waals surface area contributed by atoms with Crippen molar-refractivity contribution in [1.29, 1.82) is 0 Å². The number of carboxylic acid groups (broad SMARTS) is 1. The van der Waals surface area contributed by atoms with Crippen LogP contribution in [-0.4, -0.2) is 52.6 Å². The molecule has 1 aromatic carbocycles. The van der Waals surface area contributed by atoms with Crippen LogP contribution in [0.25, 0.3) is 0 Å². The Hall–Kier alpha value is -1.34. The van der Waals surface area contributed by atoms with Gasteiger partial charge in [0.1, 0.15) is 5.75 Å². The Kier molecular flexibility index (Phi) is 8.15. The molecule has 0 unspecified atom stereocenters. The van der Waals surface area contributed by atoms with E-state index >= 15 is 0 Å². The van der Waals surface area contributed by atoms with Crippen LogP contribution in [0.5, 0.6) is 5.75 Å². The van der Waals surface area contributed by atoms with Crippen LogP contribution < -0.4 is 0 Å². The average molecular weight is 386 g/mol. The first-order chi connectivity index (χ1) is 11.5. The maximum Gasteiger partial charge on any atom is 0.313 e. The van der Waals surface area contributed by atoms with Gasteiger partial charge in [0.2, 0.25) is 5.91 Å². The van der Waals surface area contributed by atoms with Crippen LogP contribution in [0.2, 0.25) is 0 Å². The predicted molar refractivity (Wildman–Crippen MR) is 105 cm³/mol. The summed E-state index contributed by atoms with van der Waals surface area (Å²) in [5, 5.41) is 19.4. The molecule has 5 nitrogen and oxygen atoms in total. The molecule has 0 aromatic heterocycles. The molecule has 0 aliphatic heterocycles. The number of aliphatic carboxylic acids is 1. The van der Waals surface area contributed by atoms with Crippen LogP contribution in [0, 0.1) is 0 Å². The molecule has 0 saturated heterocycles. The van der Waals surface area contributed by atoms with Crippen molar-refractivity contribution in [2.75, 3.05) is 25.6 Å². The standard InChI is InChI=1S/C18H27NO4S2/c1-18(2,3)14-7-12(8-24-11-16(21)22)6-13(17(14)23)9-25-10-15(20)19(4)5/h6-7,23H,8-11H2,1-5H3,(H,21,22). The number of hydrogen-bond donors (Lipinski definition) is 2. The number of carbonyl (C=O) groups excluding carboxylic acids is 1. The SMILES string of the molecule is CN(C)C(=O)CSCc1cc(CSCC(=O)O)cc(C(C)(C)C)c1O. The quantitative estimate of drug-likeness (QED) is 0.715. The van der Waals surface area contributed by atoms with Crippen LogP contribution in [0.3, 0.4) is 0 Å². The second-order valence-electron chi connectivity index (χ2n) is 7.07. The number of benzene rings is 1. The van der Waals surface area contributed by atoms with Crippen molar-refractivity contribution in [2.45, 2.75) is 37.7 Å². The normalized spacial score (nSPS) is 11.4. The maximum atomic E-state index is 11.7. The van der Waals surface area contributed by atoms with Gasteiger partial charge in [0.05, 0.1) is 11.5 Å². The molecule has 7 heteroatoms. The number of aromatic hydroxyl groups is 1. The van der Waals surface area contributed by atoms with Gasteiger partial charge in [0.25, 0.3) is 0 Å². The van der Waals surface area contributed by atoms with Crippen molar-refractivity contribution in [1.82, 2.24) is 4.90 Å². The van der Waals surface area contributed by atoms with Crippen LogP contribution in [-0.2, 0) is 26.5 Å². The highest BCUT2D eigenvalue weighted by Crippen LogP contribution is 2.36. The van der Waals surface area contributed by atoms with Crippen LogP contribution in [0.15, 0.2) is 12.1 Å². The van der Waals surface area contributed by atoms with E-state index in [-0.39, 0.29) is 22.8 Å². The molecule has 140 valence electrons. The van der Waals surface area contributed by atoms with Crippen molar-refractivity contribution in [3.63, 3.8) is 0 Å². The molecule has 0 aliphatic rings. The summed E-state index contributed by atoms with van der Waals surface area (Å²) < 4.78 is 0. The van der Waals surface area contributed by atoms with Gasteiger partial charge in [0, 0.05) is 31.2 Å². The van der Waals surface area contributed by atoms with Crippen molar-refractivity contribution >= 4 is 35.4 Å². The predicted octanol–water partition coefficient (Wildman–Crippen LogP) is 3.33. The molecule has 25 heavy (non-hydrogen) atoms. The Balaban J connectivity index is 2.96. The highest BCUT2D eigenvalue weighted by molar-refractivity contribution is 7.99. The summed E-state index contributed by atoms with van der Waals surface area (Å²) in [6, 6.07) is 3.86. The molecule has 1 aromatic rings. The van der Waals surface area contributed by atoms with Gasteiger partial charge in [-0.1, -0.05) is 32.9 Å². The molecule has 0 bridgehead atoms. The van der Waals surface area contributed by atoms with E-state index in [2.05, 4.69) is 0 Å². The average Bonchev–Trinajstić information content (AvgIpc) is 2.48. The molecule has 0 aliphatic carbocycles. The zero-order valence-electron chi connectivity index (χ0n) is 15.5. The second kappa shape index (κ2) is 9.38. The molecule has 2 N–H and O–H groups in total. The van der Waals surface area contributed by atoms with E-state index in [0.717, 1.165) is 16.7 Å². The van der Waals surface area contributed by atoms with E-state index in [9.17, 15) is 14.7 Å². The van der Waals surface area contributed by atoms with E-state index in [0.29, 0.717) is 17.3 Å². The number of phenolic OH excluding ortho intramolecular Hbond substituents is 1. The lowest BCUT2D eigenvalue weighted by Crippen LogP contribution is -2.23. The number of carbonyl (C=O) groups is 2. The third-order valence-corrected chi connectivity index (χ3v) is 5.49. The number of phenols is 1. The molecular weight excluding hydrogens is 358 g/mol. The van der Waals surface area contributed by atoms with Crippen LogP contribution in [0.1, 0.15) is 37.5 Å². The van der Waals surface area contributed by atoms with E-state index in [4.69, 9.17) is 5.11 Å². The van der Waals surface area contributed by atoms with Gasteiger partial charge in [0.15, 0.2) is 0 Å². The van der Waals surface area contributed by atoms with Gasteiger partial charge in [-0.05, 0) is 16.5 Å². The minimum Gasteiger partial charge on any atom is -0.507 e. The smallest absolute Gasteiger partial charge is 0.313 e. The monoisotopic (exact) mass is 385 g/mol. The highest BCUT2D eigenvalue weighted by Gasteiger charge is 2.21. The van der Waals surface area contributed by atoms with Gasteiger partial charge in [-0.15, -0.1) is 23.5 Å². The number of carboxylic acids is 1. The molecule has 1 rings (SSSR count). The van der Waals surface area contributed by atoms with Gasteiger partial charge >= 0.3 is 5.97 Å². The fourth-order valence-electron chi connectivity index (χ4n) is 2.16. The molecular formula is C18H27NO4S2. The van der Waals surface area contributed by atoms with Crippen molar-refractivity contribution in [3.05, 3.63) is 28.8 Å². The van der Waals surface area contributed by atoms with Crippen molar-refractivity contribution in [2.24, 2.45) is 0 Å². The lowest BCUT2D eigenvalue weighted by Gasteiger charge is -2.23. The van der Waals surface area contributed by atoms with Gasteiger partial charge in [-0.3, -0.25) is 9.59 Å². The Bertz CT molecular complexity index is 624. The van der Waals surface area contributed by atoms with Crippen LogP contribution >= 0.6 is 23.5 Å². The Morgan fingerprint density at radius 2 is 1.68 bits per heavy atom. The van der Waals surface area contributed by atoms with Gasteiger partial charge in [-0.25, -0.2) is 0 Å². The Morgan fingerprint density at radius 1 is 1.08 bits per heavy atom. The number of thioether (sulfide) groups is 2. The summed E-state index contributed by atoms with van der Waals surface area (Å²) in [5.41, 5.74) is 2.39. The van der Waals surface area contributed by atoms with Crippen LogP contribution in [0.4, 0.5) is 0 Å². The van der Waals surface area contributed by atoms with Gasteiger partial charge < -0.3 is 15.1 Å². The summed E-state index contributed by atoms with van der Waals surface area (Å²) in [4.78, 5) is 23.9. The lowest BCUT2D eigenvalue weighted by atomic mass is 9.84. The third kappa shape index (κ3) is 7.20. The minimum absolute atomic E-state index is 0.0358.